The minimum absolute atomic E-state index is 0.401. The second-order valence-electron chi connectivity index (χ2n) is 6.37. The lowest BCUT2D eigenvalue weighted by Gasteiger charge is -2.26. The molecular weight excluding hydrogens is 312 g/mol. The summed E-state index contributed by atoms with van der Waals surface area (Å²) in [5.41, 5.74) is 3.66. The fourth-order valence-electron chi connectivity index (χ4n) is 3.66. The van der Waals surface area contributed by atoms with E-state index < -0.39 is 10.0 Å². The van der Waals surface area contributed by atoms with Crippen molar-refractivity contribution in [2.75, 3.05) is 26.3 Å². The SMILES string of the molecule is O=S(=O)(c1ccc2[nH]c3c(c2c1)CCCCC3)N1CCOCC1. The van der Waals surface area contributed by atoms with E-state index in [1.54, 1.807) is 6.07 Å². The third-order valence-corrected chi connectivity index (χ3v) is 6.82. The molecule has 4 rings (SSSR count). The van der Waals surface area contributed by atoms with Gasteiger partial charge in [0.05, 0.1) is 18.1 Å². The summed E-state index contributed by atoms with van der Waals surface area (Å²) in [4.78, 5) is 3.89. The molecule has 0 amide bonds. The van der Waals surface area contributed by atoms with Gasteiger partial charge in [-0.15, -0.1) is 0 Å². The molecule has 2 aromatic rings. The number of H-pyrrole nitrogens is 1. The van der Waals surface area contributed by atoms with Crippen molar-refractivity contribution in [1.29, 1.82) is 0 Å². The van der Waals surface area contributed by atoms with Crippen LogP contribution in [0.3, 0.4) is 0 Å². The standard InChI is InChI=1S/C17H22N2O3S/c20-23(21,19-8-10-22-11-9-19)13-6-7-17-15(12-13)14-4-2-1-3-5-16(14)18-17/h6-7,12,18H,1-5,8-11H2. The molecule has 0 spiro atoms. The number of morpholine rings is 1. The van der Waals surface area contributed by atoms with E-state index in [-0.39, 0.29) is 0 Å². The van der Waals surface area contributed by atoms with Gasteiger partial charge in [0.2, 0.25) is 10.0 Å². The zero-order valence-electron chi connectivity index (χ0n) is 13.2. The molecule has 1 aromatic heterocycles. The molecule has 1 fully saturated rings. The number of nitrogens with zero attached hydrogens (tertiary/aromatic N) is 1. The first-order chi connectivity index (χ1) is 11.2. The van der Waals surface area contributed by atoms with Crippen molar-refractivity contribution < 1.29 is 13.2 Å². The van der Waals surface area contributed by atoms with Gasteiger partial charge in [-0.25, -0.2) is 8.42 Å². The lowest BCUT2D eigenvalue weighted by molar-refractivity contribution is 0.0730. The molecule has 0 bridgehead atoms. The molecule has 1 aromatic carbocycles. The van der Waals surface area contributed by atoms with Crippen LogP contribution in [0, 0.1) is 0 Å². The lowest BCUT2D eigenvalue weighted by Crippen LogP contribution is -2.40. The number of rotatable bonds is 2. The van der Waals surface area contributed by atoms with Crippen LogP contribution in [0.25, 0.3) is 10.9 Å². The van der Waals surface area contributed by atoms with Gasteiger partial charge in [-0.2, -0.15) is 4.31 Å². The van der Waals surface area contributed by atoms with Gasteiger partial charge >= 0.3 is 0 Å². The summed E-state index contributed by atoms with van der Waals surface area (Å²) in [6.45, 7) is 1.82. The third-order valence-electron chi connectivity index (χ3n) is 4.93. The maximum Gasteiger partial charge on any atom is 0.243 e. The van der Waals surface area contributed by atoms with Crippen LogP contribution >= 0.6 is 0 Å². The Bertz CT molecular complexity index is 820. The Morgan fingerprint density at radius 3 is 2.65 bits per heavy atom. The maximum absolute atomic E-state index is 12.8. The maximum atomic E-state index is 12.8. The van der Waals surface area contributed by atoms with E-state index in [0.717, 1.165) is 23.7 Å². The predicted octanol–water partition coefficient (Wildman–Crippen LogP) is 2.46. The highest BCUT2D eigenvalue weighted by molar-refractivity contribution is 7.89. The van der Waals surface area contributed by atoms with E-state index in [0.29, 0.717) is 31.2 Å². The van der Waals surface area contributed by atoms with E-state index in [1.807, 2.05) is 12.1 Å². The summed E-state index contributed by atoms with van der Waals surface area (Å²) in [5.74, 6) is 0. The van der Waals surface area contributed by atoms with Crippen molar-refractivity contribution in [3.05, 3.63) is 29.5 Å². The molecule has 5 nitrogen and oxygen atoms in total. The number of hydrogen-bond acceptors (Lipinski definition) is 3. The quantitative estimate of drug-likeness (QED) is 0.858. The predicted molar refractivity (Wildman–Crippen MR) is 89.1 cm³/mol. The fraction of sp³-hybridized carbons (Fsp3) is 0.529. The molecule has 1 aliphatic heterocycles. The van der Waals surface area contributed by atoms with Crippen LogP contribution in [-0.2, 0) is 27.6 Å². The molecule has 0 radical (unpaired) electrons. The van der Waals surface area contributed by atoms with Crippen LogP contribution < -0.4 is 0 Å². The summed E-state index contributed by atoms with van der Waals surface area (Å²) in [6.07, 6.45) is 5.74. The van der Waals surface area contributed by atoms with Crippen molar-refractivity contribution in [2.45, 2.75) is 37.0 Å². The summed E-state index contributed by atoms with van der Waals surface area (Å²) < 4.78 is 32.5. The molecule has 23 heavy (non-hydrogen) atoms. The summed E-state index contributed by atoms with van der Waals surface area (Å²) in [7, 11) is -3.43. The van der Waals surface area contributed by atoms with Crippen LogP contribution in [0.15, 0.2) is 23.1 Å². The smallest absolute Gasteiger partial charge is 0.243 e. The topological polar surface area (TPSA) is 62.4 Å². The van der Waals surface area contributed by atoms with Gasteiger partial charge in [-0.1, -0.05) is 6.42 Å². The molecule has 0 saturated carbocycles. The Morgan fingerprint density at radius 2 is 1.83 bits per heavy atom. The average Bonchev–Trinajstić information content (AvgIpc) is 2.76. The van der Waals surface area contributed by atoms with Gasteiger partial charge in [-0.05, 0) is 49.4 Å². The van der Waals surface area contributed by atoms with Crippen molar-refractivity contribution in [3.8, 4) is 0 Å². The summed E-state index contributed by atoms with van der Waals surface area (Å²) >= 11 is 0. The number of ether oxygens (including phenoxy) is 1. The largest absolute Gasteiger partial charge is 0.379 e. The number of benzene rings is 1. The van der Waals surface area contributed by atoms with Crippen molar-refractivity contribution in [3.63, 3.8) is 0 Å². The molecule has 0 unspecified atom stereocenters. The monoisotopic (exact) mass is 334 g/mol. The molecular formula is C17H22N2O3S. The molecule has 6 heteroatoms. The average molecular weight is 334 g/mol. The first-order valence-electron chi connectivity index (χ1n) is 8.37. The molecule has 1 N–H and O–H groups in total. The minimum Gasteiger partial charge on any atom is -0.379 e. The summed E-state index contributed by atoms with van der Waals surface area (Å²) in [6, 6.07) is 5.50. The third kappa shape index (κ3) is 2.69. The zero-order valence-corrected chi connectivity index (χ0v) is 14.0. The van der Waals surface area contributed by atoms with Gasteiger partial charge in [0.15, 0.2) is 0 Å². The molecule has 124 valence electrons. The van der Waals surface area contributed by atoms with Crippen molar-refractivity contribution in [2.24, 2.45) is 0 Å². The van der Waals surface area contributed by atoms with Crippen molar-refractivity contribution in [1.82, 2.24) is 9.29 Å². The number of sulfonamides is 1. The minimum atomic E-state index is -3.43. The Kier molecular flexibility index (Phi) is 3.91. The molecule has 2 aliphatic rings. The van der Waals surface area contributed by atoms with Gasteiger partial charge in [0.1, 0.15) is 0 Å². The Hall–Kier alpha value is -1.37. The van der Waals surface area contributed by atoms with E-state index in [1.165, 1.54) is 34.8 Å². The Balaban J connectivity index is 1.77. The zero-order chi connectivity index (χ0) is 15.9. The van der Waals surface area contributed by atoms with Crippen LogP contribution in [0.2, 0.25) is 0 Å². The van der Waals surface area contributed by atoms with Gasteiger partial charge in [-0.3, -0.25) is 0 Å². The number of aromatic amines is 1. The molecule has 2 heterocycles. The van der Waals surface area contributed by atoms with Crippen LogP contribution in [-0.4, -0.2) is 44.0 Å². The first-order valence-corrected chi connectivity index (χ1v) is 9.82. The van der Waals surface area contributed by atoms with Gasteiger partial charge in [0, 0.05) is 29.7 Å². The lowest BCUT2D eigenvalue weighted by atomic mass is 10.1. The van der Waals surface area contributed by atoms with E-state index in [2.05, 4.69) is 4.98 Å². The van der Waals surface area contributed by atoms with E-state index >= 15 is 0 Å². The second-order valence-corrected chi connectivity index (χ2v) is 8.30. The summed E-state index contributed by atoms with van der Waals surface area (Å²) in [5, 5.41) is 1.08. The van der Waals surface area contributed by atoms with Crippen LogP contribution in [0.4, 0.5) is 0 Å². The van der Waals surface area contributed by atoms with Crippen LogP contribution in [0.5, 0.6) is 0 Å². The van der Waals surface area contributed by atoms with Gasteiger partial charge < -0.3 is 9.72 Å². The number of hydrogen-bond donors (Lipinski definition) is 1. The molecule has 1 aliphatic carbocycles. The van der Waals surface area contributed by atoms with Crippen molar-refractivity contribution >= 4 is 20.9 Å². The highest BCUT2D eigenvalue weighted by Crippen LogP contribution is 2.31. The Labute approximate surface area is 136 Å². The fourth-order valence-corrected chi connectivity index (χ4v) is 5.09. The second kappa shape index (κ2) is 5.92. The normalized spacial score (nSPS) is 20.3. The molecule has 1 saturated heterocycles. The van der Waals surface area contributed by atoms with E-state index in [4.69, 9.17) is 4.74 Å². The number of fused-ring (bicyclic) bond motifs is 3. The number of nitrogens with one attached hydrogen (secondary N) is 1. The number of aryl methyl sites for hydroxylation is 2. The highest BCUT2D eigenvalue weighted by atomic mass is 32.2. The highest BCUT2D eigenvalue weighted by Gasteiger charge is 2.27. The molecule has 0 atom stereocenters. The van der Waals surface area contributed by atoms with E-state index in [9.17, 15) is 8.42 Å². The Morgan fingerprint density at radius 1 is 1.04 bits per heavy atom. The first kappa shape index (κ1) is 15.2. The van der Waals surface area contributed by atoms with Gasteiger partial charge in [0.25, 0.3) is 0 Å². The van der Waals surface area contributed by atoms with Crippen LogP contribution in [0.1, 0.15) is 30.5 Å². The number of aromatic nitrogens is 1.